The van der Waals surface area contributed by atoms with Crippen molar-refractivity contribution in [2.24, 2.45) is 0 Å². The molecule has 1 heterocycles. The lowest BCUT2D eigenvalue weighted by molar-refractivity contribution is -0.384. The number of para-hydroxylation sites is 1. The highest BCUT2D eigenvalue weighted by Crippen LogP contribution is 2.31. The van der Waals surface area contributed by atoms with Crippen molar-refractivity contribution >= 4 is 56.2 Å². The fraction of sp³-hybridized carbons (Fsp3) is 0. The van der Waals surface area contributed by atoms with Crippen molar-refractivity contribution in [3.05, 3.63) is 85.1 Å². The average Bonchev–Trinajstić information content (AvgIpc) is 3.19. The van der Waals surface area contributed by atoms with E-state index in [1.165, 1.54) is 48.5 Å². The van der Waals surface area contributed by atoms with E-state index >= 15 is 0 Å². The Morgan fingerprint density at radius 1 is 1.03 bits per heavy atom. The van der Waals surface area contributed by atoms with Crippen molar-refractivity contribution in [3.8, 4) is 11.3 Å². The molecule has 12 heteroatoms. The van der Waals surface area contributed by atoms with Crippen molar-refractivity contribution < 1.29 is 19.1 Å². The lowest BCUT2D eigenvalue weighted by Gasteiger charge is -2.10. The van der Waals surface area contributed by atoms with Crippen molar-refractivity contribution in [1.82, 2.24) is 5.32 Å². The first-order chi connectivity index (χ1) is 14.3. The molecule has 3 rings (SSSR count). The Labute approximate surface area is 182 Å². The molecule has 0 fully saturated rings. The van der Waals surface area contributed by atoms with Crippen LogP contribution in [0.3, 0.4) is 0 Å². The molecule has 0 aliphatic carbocycles. The molecular weight excluding hydrogens is 480 g/mol. The molecule has 0 saturated carbocycles. The minimum absolute atomic E-state index is 0.0711. The number of carbonyl (C=O) groups excluding carboxylic acids is 1. The summed E-state index contributed by atoms with van der Waals surface area (Å²) in [5.74, 6) is -0.616. The molecule has 0 spiro atoms. The van der Waals surface area contributed by atoms with E-state index in [0.717, 1.165) is 0 Å². The molecule has 0 atom stereocenters. The summed E-state index contributed by atoms with van der Waals surface area (Å²) in [5, 5.41) is 27.0. The van der Waals surface area contributed by atoms with E-state index in [2.05, 4.69) is 26.6 Å². The molecule has 152 valence electrons. The van der Waals surface area contributed by atoms with Gasteiger partial charge in [0.2, 0.25) is 0 Å². The topological polar surface area (TPSA) is 141 Å². The van der Waals surface area contributed by atoms with Crippen LogP contribution in [0.4, 0.5) is 17.1 Å². The standard InChI is InChI=1S/C18H11BrN4O6S/c19-12-9-10(22(25)26)5-6-13(12)20-18(30)21-17(24)16-8-7-15(29-16)11-3-1-2-4-14(11)23(27)28/h1-9H,(H2,20,21,24,30). The molecule has 2 N–H and O–H groups in total. The summed E-state index contributed by atoms with van der Waals surface area (Å²) < 4.78 is 5.83. The van der Waals surface area contributed by atoms with Gasteiger partial charge in [0.05, 0.1) is 21.1 Å². The summed E-state index contributed by atoms with van der Waals surface area (Å²) >= 11 is 8.27. The molecule has 3 aromatic rings. The van der Waals surface area contributed by atoms with Crippen LogP contribution >= 0.6 is 28.1 Å². The van der Waals surface area contributed by atoms with Crippen LogP contribution in [0.1, 0.15) is 10.6 Å². The van der Waals surface area contributed by atoms with Crippen LogP contribution in [0.5, 0.6) is 0 Å². The van der Waals surface area contributed by atoms with Crippen molar-refractivity contribution in [3.63, 3.8) is 0 Å². The van der Waals surface area contributed by atoms with Gasteiger partial charge in [0.1, 0.15) is 5.76 Å². The van der Waals surface area contributed by atoms with Crippen LogP contribution in [0, 0.1) is 20.2 Å². The Balaban J connectivity index is 1.71. The number of benzene rings is 2. The Morgan fingerprint density at radius 3 is 2.43 bits per heavy atom. The summed E-state index contributed by atoms with van der Waals surface area (Å²) in [5.41, 5.74) is 0.377. The smallest absolute Gasteiger partial charge is 0.293 e. The lowest BCUT2D eigenvalue weighted by atomic mass is 10.1. The van der Waals surface area contributed by atoms with Gasteiger partial charge < -0.3 is 9.73 Å². The third-order valence-corrected chi connectivity index (χ3v) is 4.69. The van der Waals surface area contributed by atoms with Gasteiger partial charge in [-0.15, -0.1) is 0 Å². The zero-order valence-electron chi connectivity index (χ0n) is 14.8. The fourth-order valence-corrected chi connectivity index (χ4v) is 3.15. The van der Waals surface area contributed by atoms with Gasteiger partial charge in [0, 0.05) is 22.7 Å². The normalized spacial score (nSPS) is 10.3. The minimum atomic E-state index is -0.671. The van der Waals surface area contributed by atoms with Gasteiger partial charge in [0.15, 0.2) is 10.9 Å². The number of nitrogens with one attached hydrogen (secondary N) is 2. The van der Waals surface area contributed by atoms with Gasteiger partial charge in [-0.25, -0.2) is 0 Å². The second-order valence-corrected chi connectivity index (χ2v) is 7.03. The molecule has 0 radical (unpaired) electrons. The molecule has 0 aliphatic rings. The zero-order valence-corrected chi connectivity index (χ0v) is 17.2. The van der Waals surface area contributed by atoms with Crippen LogP contribution in [-0.2, 0) is 0 Å². The van der Waals surface area contributed by atoms with Crippen LogP contribution < -0.4 is 10.6 Å². The monoisotopic (exact) mass is 490 g/mol. The van der Waals surface area contributed by atoms with Crippen LogP contribution in [-0.4, -0.2) is 20.9 Å². The Kier molecular flexibility index (Phi) is 6.18. The predicted octanol–water partition coefficient (Wildman–Crippen LogP) is 4.65. The minimum Gasteiger partial charge on any atom is -0.451 e. The molecule has 0 bridgehead atoms. The first-order valence-electron chi connectivity index (χ1n) is 8.16. The number of nitro groups is 2. The first-order valence-corrected chi connectivity index (χ1v) is 9.36. The lowest BCUT2D eigenvalue weighted by Crippen LogP contribution is -2.34. The highest BCUT2D eigenvalue weighted by molar-refractivity contribution is 9.10. The van der Waals surface area contributed by atoms with Crippen molar-refractivity contribution in [1.29, 1.82) is 0 Å². The number of non-ortho nitro benzene ring substituents is 1. The summed E-state index contributed by atoms with van der Waals surface area (Å²) in [7, 11) is 0. The second-order valence-electron chi connectivity index (χ2n) is 5.77. The van der Waals surface area contributed by atoms with Crippen LogP contribution in [0.15, 0.2) is 63.5 Å². The van der Waals surface area contributed by atoms with E-state index in [9.17, 15) is 25.0 Å². The van der Waals surface area contributed by atoms with Gasteiger partial charge in [0.25, 0.3) is 17.3 Å². The highest BCUT2D eigenvalue weighted by atomic mass is 79.9. The van der Waals surface area contributed by atoms with Gasteiger partial charge in [-0.2, -0.15) is 0 Å². The van der Waals surface area contributed by atoms with E-state index in [0.29, 0.717) is 10.2 Å². The van der Waals surface area contributed by atoms with E-state index in [1.54, 1.807) is 6.07 Å². The maximum atomic E-state index is 12.4. The zero-order chi connectivity index (χ0) is 21.8. The summed E-state index contributed by atoms with van der Waals surface area (Å²) in [6.45, 7) is 0. The van der Waals surface area contributed by atoms with Crippen LogP contribution in [0.2, 0.25) is 0 Å². The number of furan rings is 1. The fourth-order valence-electron chi connectivity index (χ4n) is 2.48. The highest BCUT2D eigenvalue weighted by Gasteiger charge is 2.20. The molecule has 10 nitrogen and oxygen atoms in total. The maximum Gasteiger partial charge on any atom is 0.293 e. The molecule has 0 saturated heterocycles. The summed E-state index contributed by atoms with van der Waals surface area (Å²) in [4.78, 5) is 33.2. The van der Waals surface area contributed by atoms with Crippen molar-refractivity contribution in [2.75, 3.05) is 5.32 Å². The number of amides is 1. The molecule has 1 aromatic heterocycles. The number of thiocarbonyl (C=S) groups is 1. The molecule has 0 aliphatic heterocycles. The third-order valence-electron chi connectivity index (χ3n) is 3.83. The largest absolute Gasteiger partial charge is 0.451 e. The van der Waals surface area contributed by atoms with Crippen LogP contribution in [0.25, 0.3) is 11.3 Å². The number of nitro benzene ring substituents is 2. The van der Waals surface area contributed by atoms with Gasteiger partial charge in [-0.3, -0.25) is 30.3 Å². The number of carbonyl (C=O) groups is 1. The van der Waals surface area contributed by atoms with E-state index in [4.69, 9.17) is 16.6 Å². The van der Waals surface area contributed by atoms with Gasteiger partial charge in [-0.05, 0) is 52.4 Å². The Bertz CT molecular complexity index is 1180. The van der Waals surface area contributed by atoms with Gasteiger partial charge >= 0.3 is 0 Å². The summed E-state index contributed by atoms with van der Waals surface area (Å²) in [6, 6.07) is 12.8. The number of anilines is 1. The third kappa shape index (κ3) is 4.67. The van der Waals surface area contributed by atoms with Crippen molar-refractivity contribution in [2.45, 2.75) is 0 Å². The summed E-state index contributed by atoms with van der Waals surface area (Å²) in [6.07, 6.45) is 0. The second kappa shape index (κ2) is 8.80. The molecule has 2 aromatic carbocycles. The van der Waals surface area contributed by atoms with E-state index in [-0.39, 0.29) is 33.6 Å². The maximum absolute atomic E-state index is 12.4. The number of nitrogens with zero attached hydrogens (tertiary/aromatic N) is 2. The number of hydrogen-bond donors (Lipinski definition) is 2. The number of rotatable bonds is 5. The number of hydrogen-bond acceptors (Lipinski definition) is 7. The molecule has 1 amide bonds. The number of halogens is 1. The SMILES string of the molecule is O=C(NC(=S)Nc1ccc([N+](=O)[O-])cc1Br)c1ccc(-c2ccccc2[N+](=O)[O-])o1. The van der Waals surface area contributed by atoms with Gasteiger partial charge in [-0.1, -0.05) is 12.1 Å². The quantitative estimate of drug-likeness (QED) is 0.299. The predicted molar refractivity (Wildman–Crippen MR) is 115 cm³/mol. The Hall–Kier alpha value is -3.64. The Morgan fingerprint density at radius 2 is 1.77 bits per heavy atom. The molecular formula is C18H11BrN4O6S. The molecule has 0 unspecified atom stereocenters. The average molecular weight is 491 g/mol. The van der Waals surface area contributed by atoms with E-state index in [1.807, 2.05) is 0 Å². The first kappa shape index (κ1) is 21.1. The van der Waals surface area contributed by atoms with E-state index < -0.39 is 15.8 Å². The molecule has 30 heavy (non-hydrogen) atoms.